The van der Waals surface area contributed by atoms with Gasteiger partial charge in [0.05, 0.1) is 5.69 Å². The zero-order valence-corrected chi connectivity index (χ0v) is 10.7. The van der Waals surface area contributed by atoms with E-state index in [2.05, 4.69) is 4.98 Å². The van der Waals surface area contributed by atoms with E-state index < -0.39 is 0 Å². The molecule has 19 heavy (non-hydrogen) atoms. The molecule has 0 saturated heterocycles. The van der Waals surface area contributed by atoms with Crippen LogP contribution in [-0.2, 0) is 6.61 Å². The van der Waals surface area contributed by atoms with Crippen molar-refractivity contribution in [1.82, 2.24) is 4.98 Å². The summed E-state index contributed by atoms with van der Waals surface area (Å²) >= 11 is 6.10. The van der Waals surface area contributed by atoms with Gasteiger partial charge >= 0.3 is 0 Å². The third-order valence-corrected chi connectivity index (χ3v) is 3.20. The summed E-state index contributed by atoms with van der Waals surface area (Å²) in [7, 11) is 0. The van der Waals surface area contributed by atoms with E-state index in [1.165, 1.54) is 12.1 Å². The molecule has 0 aliphatic rings. The fourth-order valence-electron chi connectivity index (χ4n) is 1.95. The molecule has 0 saturated carbocycles. The molecule has 1 aromatic heterocycles. The molecule has 0 bridgehead atoms. The molecule has 3 rings (SSSR count). The van der Waals surface area contributed by atoms with Crippen molar-refractivity contribution in [3.63, 3.8) is 0 Å². The summed E-state index contributed by atoms with van der Waals surface area (Å²) in [6.07, 6.45) is 0. The first-order valence-electron chi connectivity index (χ1n) is 5.87. The number of ether oxygens (including phenoxy) is 1. The molecule has 96 valence electrons. The van der Waals surface area contributed by atoms with Gasteiger partial charge in [0.1, 0.15) is 18.2 Å². The lowest BCUT2D eigenvalue weighted by molar-refractivity contribution is 0.302. The summed E-state index contributed by atoms with van der Waals surface area (Å²) in [5, 5.41) is 1.68. The summed E-state index contributed by atoms with van der Waals surface area (Å²) in [4.78, 5) is 3.23. The number of halogens is 2. The van der Waals surface area contributed by atoms with Crippen LogP contribution in [0.1, 0.15) is 5.69 Å². The van der Waals surface area contributed by atoms with E-state index in [-0.39, 0.29) is 5.82 Å². The minimum absolute atomic E-state index is 0.273. The van der Waals surface area contributed by atoms with Gasteiger partial charge in [-0.15, -0.1) is 0 Å². The fourth-order valence-corrected chi connectivity index (χ4v) is 2.17. The predicted molar refractivity (Wildman–Crippen MR) is 74.0 cm³/mol. The van der Waals surface area contributed by atoms with Crippen LogP contribution < -0.4 is 4.74 Å². The van der Waals surface area contributed by atoms with Gasteiger partial charge in [-0.1, -0.05) is 17.7 Å². The average molecular weight is 276 g/mol. The number of fused-ring (bicyclic) bond motifs is 1. The topological polar surface area (TPSA) is 25.0 Å². The van der Waals surface area contributed by atoms with Gasteiger partial charge in [-0.05, 0) is 42.5 Å². The molecule has 0 unspecified atom stereocenters. The van der Waals surface area contributed by atoms with Crippen LogP contribution in [0, 0.1) is 5.82 Å². The first-order valence-corrected chi connectivity index (χ1v) is 6.25. The zero-order chi connectivity index (χ0) is 13.2. The van der Waals surface area contributed by atoms with Crippen molar-refractivity contribution in [2.24, 2.45) is 0 Å². The number of benzene rings is 2. The SMILES string of the molecule is Fc1ccc(OCc2cc3c(Cl)cccc3[nH]2)cc1. The van der Waals surface area contributed by atoms with Crippen LogP contribution in [0.25, 0.3) is 10.9 Å². The normalized spacial score (nSPS) is 10.8. The number of hydrogen-bond acceptors (Lipinski definition) is 1. The second kappa shape index (κ2) is 4.94. The molecule has 2 nitrogen and oxygen atoms in total. The molecule has 3 aromatic rings. The van der Waals surface area contributed by atoms with E-state index in [1.807, 2.05) is 24.3 Å². The number of nitrogens with one attached hydrogen (secondary N) is 1. The van der Waals surface area contributed by atoms with E-state index >= 15 is 0 Å². The highest BCUT2D eigenvalue weighted by atomic mass is 35.5. The van der Waals surface area contributed by atoms with E-state index in [4.69, 9.17) is 16.3 Å². The Morgan fingerprint density at radius 3 is 2.63 bits per heavy atom. The van der Waals surface area contributed by atoms with Gasteiger partial charge in [0.15, 0.2) is 0 Å². The van der Waals surface area contributed by atoms with Crippen molar-refractivity contribution in [1.29, 1.82) is 0 Å². The van der Waals surface area contributed by atoms with Gasteiger partial charge < -0.3 is 9.72 Å². The maximum atomic E-state index is 12.8. The maximum Gasteiger partial charge on any atom is 0.128 e. The number of aromatic amines is 1. The Hall–Kier alpha value is -2.00. The minimum Gasteiger partial charge on any atom is -0.487 e. The Kier molecular flexibility index (Phi) is 3.13. The van der Waals surface area contributed by atoms with Gasteiger partial charge in [0, 0.05) is 15.9 Å². The van der Waals surface area contributed by atoms with Gasteiger partial charge in [-0.3, -0.25) is 0 Å². The number of aromatic nitrogens is 1. The summed E-state index contributed by atoms with van der Waals surface area (Å²) in [6, 6.07) is 13.6. The molecule has 0 amide bonds. The minimum atomic E-state index is -0.273. The first-order chi connectivity index (χ1) is 9.22. The van der Waals surface area contributed by atoms with Gasteiger partial charge in [-0.2, -0.15) is 0 Å². The standard InChI is InChI=1S/C15H11ClFNO/c16-14-2-1-3-15-13(14)8-11(18-15)9-19-12-6-4-10(17)5-7-12/h1-8,18H,9H2. The van der Waals surface area contributed by atoms with Gasteiger partial charge in [-0.25, -0.2) is 4.39 Å². The third kappa shape index (κ3) is 2.56. The van der Waals surface area contributed by atoms with Crippen LogP contribution in [0.2, 0.25) is 5.02 Å². The molecular weight excluding hydrogens is 265 g/mol. The number of hydrogen-bond donors (Lipinski definition) is 1. The second-order valence-corrected chi connectivity index (χ2v) is 4.65. The van der Waals surface area contributed by atoms with Gasteiger partial charge in [0.2, 0.25) is 0 Å². The number of rotatable bonds is 3. The van der Waals surface area contributed by atoms with E-state index in [0.717, 1.165) is 16.6 Å². The Balaban J connectivity index is 1.78. The number of H-pyrrole nitrogens is 1. The van der Waals surface area contributed by atoms with Crippen molar-refractivity contribution in [3.8, 4) is 5.75 Å². The lowest BCUT2D eigenvalue weighted by atomic mass is 10.2. The Bertz CT molecular complexity index is 706. The van der Waals surface area contributed by atoms with Crippen LogP contribution in [-0.4, -0.2) is 4.98 Å². The first kappa shape index (κ1) is 12.1. The quantitative estimate of drug-likeness (QED) is 0.746. The van der Waals surface area contributed by atoms with E-state index in [9.17, 15) is 4.39 Å². The molecule has 0 atom stereocenters. The third-order valence-electron chi connectivity index (χ3n) is 2.87. The Morgan fingerprint density at radius 1 is 1.11 bits per heavy atom. The molecular formula is C15H11ClFNO. The zero-order valence-electron chi connectivity index (χ0n) is 9.99. The maximum absolute atomic E-state index is 12.8. The lowest BCUT2D eigenvalue weighted by Gasteiger charge is -2.03. The average Bonchev–Trinajstić information content (AvgIpc) is 2.83. The highest BCUT2D eigenvalue weighted by Gasteiger charge is 2.04. The molecule has 2 aromatic carbocycles. The van der Waals surface area contributed by atoms with Crippen LogP contribution in [0.5, 0.6) is 5.75 Å². The van der Waals surface area contributed by atoms with Crippen molar-refractivity contribution >= 4 is 22.5 Å². The monoisotopic (exact) mass is 275 g/mol. The largest absolute Gasteiger partial charge is 0.487 e. The van der Waals surface area contributed by atoms with Crippen LogP contribution in [0.4, 0.5) is 4.39 Å². The molecule has 1 heterocycles. The predicted octanol–water partition coefficient (Wildman–Crippen LogP) is 4.54. The molecule has 0 fully saturated rings. The van der Waals surface area contributed by atoms with E-state index in [0.29, 0.717) is 17.4 Å². The summed E-state index contributed by atoms with van der Waals surface area (Å²) in [5.41, 5.74) is 1.90. The second-order valence-electron chi connectivity index (χ2n) is 4.24. The van der Waals surface area contributed by atoms with Gasteiger partial charge in [0.25, 0.3) is 0 Å². The Labute approximate surface area is 114 Å². The molecule has 1 N–H and O–H groups in total. The molecule has 4 heteroatoms. The molecule has 0 radical (unpaired) electrons. The molecule has 0 aliphatic heterocycles. The Morgan fingerprint density at radius 2 is 1.89 bits per heavy atom. The van der Waals surface area contributed by atoms with Crippen LogP contribution in [0.15, 0.2) is 48.5 Å². The van der Waals surface area contributed by atoms with Crippen molar-refractivity contribution in [3.05, 3.63) is 65.1 Å². The lowest BCUT2D eigenvalue weighted by Crippen LogP contribution is -1.95. The van der Waals surface area contributed by atoms with Crippen LogP contribution >= 0.6 is 11.6 Å². The summed E-state index contributed by atoms with van der Waals surface area (Å²) in [5.74, 6) is 0.357. The fraction of sp³-hybridized carbons (Fsp3) is 0.0667. The summed E-state index contributed by atoms with van der Waals surface area (Å²) < 4.78 is 18.3. The molecule has 0 aliphatic carbocycles. The van der Waals surface area contributed by atoms with Crippen molar-refractivity contribution in [2.75, 3.05) is 0 Å². The highest BCUT2D eigenvalue weighted by molar-refractivity contribution is 6.35. The van der Waals surface area contributed by atoms with E-state index in [1.54, 1.807) is 12.1 Å². The highest BCUT2D eigenvalue weighted by Crippen LogP contribution is 2.24. The van der Waals surface area contributed by atoms with Crippen LogP contribution in [0.3, 0.4) is 0 Å². The summed E-state index contributed by atoms with van der Waals surface area (Å²) in [6.45, 7) is 0.386. The van der Waals surface area contributed by atoms with Crippen molar-refractivity contribution < 1.29 is 9.13 Å². The molecule has 0 spiro atoms. The van der Waals surface area contributed by atoms with Crippen molar-refractivity contribution in [2.45, 2.75) is 6.61 Å². The smallest absolute Gasteiger partial charge is 0.128 e.